The molecular weight excluding hydrogens is 320 g/mol. The van der Waals surface area contributed by atoms with Gasteiger partial charge in [-0.1, -0.05) is 0 Å². The van der Waals surface area contributed by atoms with Gasteiger partial charge in [-0.15, -0.1) is 0 Å². The Morgan fingerprint density at radius 3 is 2.96 bits per heavy atom. The van der Waals surface area contributed by atoms with Gasteiger partial charge in [-0.2, -0.15) is 0 Å². The quantitative estimate of drug-likeness (QED) is 0.847. The zero-order valence-corrected chi connectivity index (χ0v) is 14.5. The summed E-state index contributed by atoms with van der Waals surface area (Å²) in [6, 6.07) is 5.98. The van der Waals surface area contributed by atoms with Crippen molar-refractivity contribution in [2.24, 2.45) is 7.05 Å². The maximum absolute atomic E-state index is 12.5. The smallest absolute Gasteiger partial charge is 0.316 e. The van der Waals surface area contributed by atoms with E-state index in [9.17, 15) is 4.79 Å². The summed E-state index contributed by atoms with van der Waals surface area (Å²) in [5, 5.41) is 0. The lowest BCUT2D eigenvalue weighted by atomic mass is 9.84. The van der Waals surface area contributed by atoms with Crippen LogP contribution in [0.4, 0.5) is 0 Å². The number of hydrogen-bond acceptors (Lipinski definition) is 5. The predicted octanol–water partition coefficient (Wildman–Crippen LogP) is 1.58. The van der Waals surface area contributed by atoms with E-state index < -0.39 is 0 Å². The predicted molar refractivity (Wildman–Crippen MR) is 90.4 cm³/mol. The van der Waals surface area contributed by atoms with Crippen LogP contribution >= 0.6 is 0 Å². The van der Waals surface area contributed by atoms with Crippen molar-refractivity contribution in [2.75, 3.05) is 19.7 Å². The van der Waals surface area contributed by atoms with E-state index in [1.54, 1.807) is 6.20 Å². The molecule has 1 unspecified atom stereocenters. The maximum atomic E-state index is 12.5. The molecule has 4 rings (SSSR count). The first-order valence-electron chi connectivity index (χ1n) is 8.56. The van der Waals surface area contributed by atoms with Gasteiger partial charge in [-0.25, -0.2) is 9.97 Å². The summed E-state index contributed by atoms with van der Waals surface area (Å²) in [4.78, 5) is 22.9. The fraction of sp³-hybridized carbons (Fsp3) is 0.500. The van der Waals surface area contributed by atoms with Gasteiger partial charge in [0.15, 0.2) is 0 Å². The van der Waals surface area contributed by atoms with E-state index in [2.05, 4.69) is 9.97 Å². The van der Waals surface area contributed by atoms with E-state index in [0.29, 0.717) is 31.4 Å². The molecular formula is C18H22N4O3. The minimum Gasteiger partial charge on any atom is -0.460 e. The highest BCUT2D eigenvalue weighted by Crippen LogP contribution is 2.36. The lowest BCUT2D eigenvalue weighted by Crippen LogP contribution is -2.67. The molecule has 7 nitrogen and oxygen atoms in total. The minimum atomic E-state index is -0.298. The molecule has 2 fully saturated rings. The Bertz CT molecular complexity index is 782. The van der Waals surface area contributed by atoms with Crippen LogP contribution in [0.1, 0.15) is 29.0 Å². The molecule has 1 atom stereocenters. The molecule has 1 amide bonds. The Morgan fingerprint density at radius 1 is 1.40 bits per heavy atom. The van der Waals surface area contributed by atoms with E-state index in [-0.39, 0.29) is 17.6 Å². The van der Waals surface area contributed by atoms with Gasteiger partial charge in [0, 0.05) is 38.0 Å². The average Bonchev–Trinajstić information content (AvgIpc) is 2.98. The van der Waals surface area contributed by atoms with Gasteiger partial charge in [-0.05, 0) is 25.1 Å². The number of likely N-dealkylation sites (tertiary alicyclic amines) is 1. The molecule has 2 aliphatic rings. The van der Waals surface area contributed by atoms with Gasteiger partial charge in [0.25, 0.3) is 5.91 Å². The van der Waals surface area contributed by atoms with E-state index >= 15 is 0 Å². The summed E-state index contributed by atoms with van der Waals surface area (Å²) in [5.74, 6) is 0.0479. The van der Waals surface area contributed by atoms with E-state index in [1.165, 1.54) is 0 Å². The van der Waals surface area contributed by atoms with Gasteiger partial charge in [-0.3, -0.25) is 4.79 Å². The third-order valence-corrected chi connectivity index (χ3v) is 4.90. The van der Waals surface area contributed by atoms with Crippen molar-refractivity contribution in [3.05, 3.63) is 42.0 Å². The van der Waals surface area contributed by atoms with Gasteiger partial charge in [0.1, 0.15) is 17.4 Å². The van der Waals surface area contributed by atoms with E-state index in [1.807, 2.05) is 47.8 Å². The number of aryl methyl sites for hydroxylation is 2. The van der Waals surface area contributed by atoms with E-state index in [0.717, 1.165) is 18.5 Å². The molecule has 2 aromatic rings. The third kappa shape index (κ3) is 3.11. The van der Waals surface area contributed by atoms with Gasteiger partial charge in [0.2, 0.25) is 0 Å². The molecule has 0 bridgehead atoms. The average molecular weight is 342 g/mol. The summed E-state index contributed by atoms with van der Waals surface area (Å²) in [6.45, 7) is 3.75. The zero-order chi connectivity index (χ0) is 17.4. The summed E-state index contributed by atoms with van der Waals surface area (Å²) >= 11 is 0. The molecule has 132 valence electrons. The van der Waals surface area contributed by atoms with Crippen LogP contribution in [0.5, 0.6) is 6.01 Å². The number of nitrogens with zero attached hydrogens (tertiary/aromatic N) is 4. The highest BCUT2D eigenvalue weighted by atomic mass is 16.5. The molecule has 1 spiro atoms. The van der Waals surface area contributed by atoms with Crippen LogP contribution in [0.25, 0.3) is 0 Å². The molecule has 7 heteroatoms. The first kappa shape index (κ1) is 16.1. The van der Waals surface area contributed by atoms with Crippen LogP contribution < -0.4 is 4.74 Å². The summed E-state index contributed by atoms with van der Waals surface area (Å²) < 4.78 is 13.8. The second kappa shape index (κ2) is 6.15. The molecule has 25 heavy (non-hydrogen) atoms. The number of ether oxygens (including phenoxy) is 2. The van der Waals surface area contributed by atoms with Crippen molar-refractivity contribution in [3.63, 3.8) is 0 Å². The maximum Gasteiger partial charge on any atom is 0.316 e. The first-order chi connectivity index (χ1) is 12.0. The van der Waals surface area contributed by atoms with Crippen LogP contribution in [0.15, 0.2) is 30.6 Å². The summed E-state index contributed by atoms with van der Waals surface area (Å²) in [7, 11) is 1.88. The Balaban J connectivity index is 1.38. The molecule has 0 aromatic carbocycles. The Kier molecular flexibility index (Phi) is 3.95. The highest BCUT2D eigenvalue weighted by molar-refractivity contribution is 5.93. The molecule has 2 saturated heterocycles. The number of aromatic nitrogens is 3. The fourth-order valence-electron chi connectivity index (χ4n) is 3.57. The molecule has 0 N–H and O–H groups in total. The van der Waals surface area contributed by atoms with Gasteiger partial charge in [0.05, 0.1) is 19.7 Å². The lowest BCUT2D eigenvalue weighted by Gasteiger charge is -2.52. The topological polar surface area (TPSA) is 69.5 Å². The van der Waals surface area contributed by atoms with Crippen molar-refractivity contribution in [3.8, 4) is 6.01 Å². The minimum absolute atomic E-state index is 0.0165. The second-order valence-electron chi connectivity index (χ2n) is 6.91. The number of hydrogen-bond donors (Lipinski definition) is 0. The van der Waals surface area contributed by atoms with Crippen molar-refractivity contribution < 1.29 is 14.3 Å². The molecule has 0 saturated carbocycles. The van der Waals surface area contributed by atoms with Gasteiger partial charge < -0.3 is 18.9 Å². The number of amides is 1. The van der Waals surface area contributed by atoms with Crippen LogP contribution in [0, 0.1) is 6.92 Å². The van der Waals surface area contributed by atoms with Crippen LogP contribution in [0.3, 0.4) is 0 Å². The highest BCUT2D eigenvalue weighted by Gasteiger charge is 2.50. The molecule has 2 aliphatic heterocycles. The lowest BCUT2D eigenvalue weighted by molar-refractivity contribution is -0.174. The molecule has 0 radical (unpaired) electrons. The van der Waals surface area contributed by atoms with E-state index in [4.69, 9.17) is 9.47 Å². The number of carbonyl (C=O) groups is 1. The normalized spacial score (nSPS) is 21.8. The van der Waals surface area contributed by atoms with Gasteiger partial charge >= 0.3 is 6.01 Å². The monoisotopic (exact) mass is 342 g/mol. The Hall–Kier alpha value is -2.41. The van der Waals surface area contributed by atoms with Crippen LogP contribution in [-0.4, -0.2) is 56.7 Å². The molecule has 0 aliphatic carbocycles. The van der Waals surface area contributed by atoms with Crippen molar-refractivity contribution in [1.29, 1.82) is 0 Å². The van der Waals surface area contributed by atoms with Crippen molar-refractivity contribution in [2.45, 2.75) is 31.5 Å². The molecule has 2 aromatic heterocycles. The second-order valence-corrected chi connectivity index (χ2v) is 6.91. The standard InChI is InChI=1S/C18H22N4O3/c1-13-5-7-19-17(20-13)25-14-6-9-24-18(10-14)11-22(12-18)16(23)15-4-3-8-21(15)2/h3-5,7-8,14H,6,9-12H2,1-2H3. The van der Waals surface area contributed by atoms with Crippen LogP contribution in [-0.2, 0) is 11.8 Å². The summed E-state index contributed by atoms with van der Waals surface area (Å²) in [5.41, 5.74) is 1.29. The summed E-state index contributed by atoms with van der Waals surface area (Å²) in [6.07, 6.45) is 5.16. The Morgan fingerprint density at radius 2 is 2.24 bits per heavy atom. The fourth-order valence-corrected chi connectivity index (χ4v) is 3.57. The van der Waals surface area contributed by atoms with Crippen molar-refractivity contribution in [1.82, 2.24) is 19.4 Å². The van der Waals surface area contributed by atoms with Crippen LogP contribution in [0.2, 0.25) is 0 Å². The van der Waals surface area contributed by atoms with Crippen molar-refractivity contribution >= 4 is 5.91 Å². The Labute approximate surface area is 146 Å². The number of rotatable bonds is 3. The largest absolute Gasteiger partial charge is 0.460 e. The third-order valence-electron chi connectivity index (χ3n) is 4.90. The first-order valence-corrected chi connectivity index (χ1v) is 8.56. The zero-order valence-electron chi connectivity index (χ0n) is 14.5. The SMILES string of the molecule is Cc1ccnc(OC2CCOC3(C2)CN(C(=O)c2cccn2C)C3)n1. The number of carbonyl (C=O) groups excluding carboxylic acids is 1. The molecule has 4 heterocycles.